The molecule has 3 rings (SSSR count). The summed E-state index contributed by atoms with van der Waals surface area (Å²) in [6, 6.07) is 16.3. The number of rotatable bonds is 6. The van der Waals surface area contributed by atoms with Gasteiger partial charge < -0.3 is 9.47 Å². The first-order chi connectivity index (χ1) is 13.7. The van der Waals surface area contributed by atoms with Crippen LogP contribution in [-0.2, 0) is 0 Å². The summed E-state index contributed by atoms with van der Waals surface area (Å²) in [6.45, 7) is 0. The zero-order chi connectivity index (χ0) is 19.9. The largest absolute Gasteiger partial charge is 0.493 e. The number of aromatic amines is 1. The monoisotopic (exact) mass is 375 g/mol. The maximum absolute atomic E-state index is 12.2. The van der Waals surface area contributed by atoms with E-state index in [9.17, 15) is 10.1 Å². The summed E-state index contributed by atoms with van der Waals surface area (Å²) >= 11 is 0. The van der Waals surface area contributed by atoms with Gasteiger partial charge in [-0.2, -0.15) is 10.4 Å². The van der Waals surface area contributed by atoms with Crippen molar-refractivity contribution < 1.29 is 9.47 Å². The van der Waals surface area contributed by atoms with Gasteiger partial charge >= 0.3 is 0 Å². The molecule has 0 fully saturated rings. The average molecular weight is 375 g/mol. The summed E-state index contributed by atoms with van der Waals surface area (Å²) in [5.41, 5.74) is 3.69. The number of anilines is 1. The number of nitrogens with one attached hydrogen (secondary N) is 2. The van der Waals surface area contributed by atoms with Gasteiger partial charge in [-0.25, -0.2) is 10.4 Å². The molecule has 0 bridgehead atoms. The molecule has 2 N–H and O–H groups in total. The molecule has 1 aromatic heterocycles. The summed E-state index contributed by atoms with van der Waals surface area (Å²) in [7, 11) is 3.09. The highest BCUT2D eigenvalue weighted by Crippen LogP contribution is 2.29. The number of hydrogen-bond acceptors (Lipinski definition) is 7. The van der Waals surface area contributed by atoms with Crippen LogP contribution in [-0.4, -0.2) is 30.4 Å². The molecule has 0 saturated carbocycles. The van der Waals surface area contributed by atoms with E-state index in [1.54, 1.807) is 49.6 Å². The lowest BCUT2D eigenvalue weighted by Crippen LogP contribution is -2.16. The molecule has 0 atom stereocenters. The zero-order valence-electron chi connectivity index (χ0n) is 15.3. The van der Waals surface area contributed by atoms with Crippen LogP contribution in [0, 0.1) is 11.3 Å². The SMILES string of the molecule is COc1cccc(C=NNc2nc(-c3ccccc3)c(C#N)c(=O)[nH]2)c1OC. The van der Waals surface area contributed by atoms with Gasteiger partial charge in [0.15, 0.2) is 11.5 Å². The molecule has 140 valence electrons. The van der Waals surface area contributed by atoms with E-state index in [-0.39, 0.29) is 17.2 Å². The lowest BCUT2D eigenvalue weighted by molar-refractivity contribution is 0.354. The highest BCUT2D eigenvalue weighted by atomic mass is 16.5. The Morgan fingerprint density at radius 1 is 1.14 bits per heavy atom. The normalized spacial score (nSPS) is 10.5. The Bertz CT molecular complexity index is 1100. The average Bonchev–Trinajstić information content (AvgIpc) is 2.73. The summed E-state index contributed by atoms with van der Waals surface area (Å²) in [6.07, 6.45) is 1.52. The van der Waals surface area contributed by atoms with E-state index in [2.05, 4.69) is 20.5 Å². The molecule has 0 spiro atoms. The van der Waals surface area contributed by atoms with Crippen molar-refractivity contribution in [1.29, 1.82) is 5.26 Å². The number of aromatic nitrogens is 2. The Morgan fingerprint density at radius 3 is 2.61 bits per heavy atom. The maximum Gasteiger partial charge on any atom is 0.270 e. The number of nitriles is 1. The van der Waals surface area contributed by atoms with Gasteiger partial charge in [-0.3, -0.25) is 9.78 Å². The number of methoxy groups -OCH3 is 2. The fraction of sp³-hybridized carbons (Fsp3) is 0.100. The number of hydrogen-bond donors (Lipinski definition) is 2. The predicted molar refractivity (Wildman–Crippen MR) is 106 cm³/mol. The lowest BCUT2D eigenvalue weighted by Gasteiger charge is -2.09. The molecule has 0 amide bonds. The number of ether oxygens (including phenoxy) is 2. The Labute approximate surface area is 161 Å². The van der Waals surface area contributed by atoms with Crippen molar-refractivity contribution in [3.63, 3.8) is 0 Å². The quantitative estimate of drug-likeness (QED) is 0.506. The van der Waals surface area contributed by atoms with E-state index in [0.717, 1.165) is 0 Å². The highest BCUT2D eigenvalue weighted by Gasteiger charge is 2.13. The first-order valence-electron chi connectivity index (χ1n) is 8.27. The van der Waals surface area contributed by atoms with Crippen LogP contribution in [0.3, 0.4) is 0 Å². The molecule has 2 aromatic carbocycles. The maximum atomic E-state index is 12.2. The third kappa shape index (κ3) is 3.83. The van der Waals surface area contributed by atoms with Gasteiger partial charge in [0.05, 0.1) is 26.1 Å². The van der Waals surface area contributed by atoms with Crippen molar-refractivity contribution in [2.45, 2.75) is 0 Å². The first-order valence-corrected chi connectivity index (χ1v) is 8.27. The number of hydrazone groups is 1. The summed E-state index contributed by atoms with van der Waals surface area (Å²) in [5, 5.41) is 13.4. The van der Waals surface area contributed by atoms with Crippen molar-refractivity contribution in [3.05, 3.63) is 70.0 Å². The predicted octanol–water partition coefficient (Wildman–Crippen LogP) is 2.77. The van der Waals surface area contributed by atoms with E-state index in [1.807, 2.05) is 12.1 Å². The third-order valence-electron chi connectivity index (χ3n) is 3.89. The van der Waals surface area contributed by atoms with Crippen molar-refractivity contribution >= 4 is 12.2 Å². The molecule has 0 aliphatic carbocycles. The van der Waals surface area contributed by atoms with E-state index in [4.69, 9.17) is 9.47 Å². The molecule has 1 heterocycles. The standard InChI is InChI=1S/C20H17N5O3/c1-27-16-10-6-9-14(18(16)28-2)12-22-25-20-23-17(13-7-4-3-5-8-13)15(11-21)19(26)24-20/h3-10,12H,1-2H3,(H2,23,24,25,26). The Hall–Kier alpha value is -4.12. The van der Waals surface area contributed by atoms with Gasteiger partial charge in [0, 0.05) is 11.1 Å². The van der Waals surface area contributed by atoms with Gasteiger partial charge in [0.1, 0.15) is 11.6 Å². The van der Waals surface area contributed by atoms with Crippen molar-refractivity contribution in [3.8, 4) is 28.8 Å². The number of benzene rings is 2. The van der Waals surface area contributed by atoms with Crippen molar-refractivity contribution in [2.75, 3.05) is 19.6 Å². The van der Waals surface area contributed by atoms with Gasteiger partial charge in [-0.1, -0.05) is 36.4 Å². The van der Waals surface area contributed by atoms with Gasteiger partial charge in [0.2, 0.25) is 5.95 Å². The molecule has 0 radical (unpaired) electrons. The zero-order valence-corrected chi connectivity index (χ0v) is 15.3. The van der Waals surface area contributed by atoms with Crippen LogP contribution in [0.2, 0.25) is 0 Å². The minimum atomic E-state index is -0.548. The minimum absolute atomic E-state index is 0.0600. The van der Waals surface area contributed by atoms with Crippen LogP contribution in [0.5, 0.6) is 11.5 Å². The van der Waals surface area contributed by atoms with Crippen LogP contribution in [0.4, 0.5) is 5.95 Å². The van der Waals surface area contributed by atoms with Gasteiger partial charge in [-0.15, -0.1) is 0 Å². The molecular weight excluding hydrogens is 358 g/mol. The van der Waals surface area contributed by atoms with Crippen LogP contribution in [0.1, 0.15) is 11.1 Å². The van der Waals surface area contributed by atoms with Crippen molar-refractivity contribution in [1.82, 2.24) is 9.97 Å². The molecule has 28 heavy (non-hydrogen) atoms. The molecule has 0 unspecified atom stereocenters. The fourth-order valence-electron chi connectivity index (χ4n) is 2.61. The Morgan fingerprint density at radius 2 is 1.93 bits per heavy atom. The smallest absolute Gasteiger partial charge is 0.270 e. The number of para-hydroxylation sites is 1. The first kappa shape index (κ1) is 18.7. The second-order valence-electron chi connectivity index (χ2n) is 5.57. The van der Waals surface area contributed by atoms with Gasteiger partial charge in [-0.05, 0) is 12.1 Å². The topological polar surface area (TPSA) is 112 Å². The van der Waals surface area contributed by atoms with E-state index in [0.29, 0.717) is 22.6 Å². The van der Waals surface area contributed by atoms with Crippen LogP contribution in [0.15, 0.2) is 58.4 Å². The molecule has 8 heteroatoms. The summed E-state index contributed by atoms with van der Waals surface area (Å²) < 4.78 is 10.6. The number of H-pyrrole nitrogens is 1. The number of nitrogens with zero attached hydrogens (tertiary/aromatic N) is 3. The van der Waals surface area contributed by atoms with Crippen LogP contribution >= 0.6 is 0 Å². The van der Waals surface area contributed by atoms with Crippen molar-refractivity contribution in [2.24, 2.45) is 5.10 Å². The minimum Gasteiger partial charge on any atom is -0.493 e. The van der Waals surface area contributed by atoms with Gasteiger partial charge in [0.25, 0.3) is 5.56 Å². The van der Waals surface area contributed by atoms with E-state index < -0.39 is 5.56 Å². The third-order valence-corrected chi connectivity index (χ3v) is 3.89. The van der Waals surface area contributed by atoms with E-state index in [1.165, 1.54) is 13.3 Å². The van der Waals surface area contributed by atoms with Crippen LogP contribution in [0.25, 0.3) is 11.3 Å². The molecule has 3 aromatic rings. The highest BCUT2D eigenvalue weighted by molar-refractivity contribution is 5.85. The molecule has 0 aliphatic rings. The second-order valence-corrected chi connectivity index (χ2v) is 5.57. The van der Waals surface area contributed by atoms with E-state index >= 15 is 0 Å². The molecule has 8 nitrogen and oxygen atoms in total. The molecule has 0 saturated heterocycles. The molecule has 0 aliphatic heterocycles. The lowest BCUT2D eigenvalue weighted by atomic mass is 10.1. The van der Waals surface area contributed by atoms with Crippen LogP contribution < -0.4 is 20.5 Å². The summed E-state index contributed by atoms with van der Waals surface area (Å²) in [4.78, 5) is 19.1. The molecular formula is C20H17N5O3. The Kier molecular flexibility index (Phi) is 5.67. The summed E-state index contributed by atoms with van der Waals surface area (Å²) in [5.74, 6) is 1.21. The Balaban J connectivity index is 1.92. The second kappa shape index (κ2) is 8.51. The fourth-order valence-corrected chi connectivity index (χ4v) is 2.61.